The molecule has 62 heavy (non-hydrogen) atoms. The van der Waals surface area contributed by atoms with Gasteiger partial charge < -0.3 is 19.9 Å². The maximum atomic E-state index is 15.7. The van der Waals surface area contributed by atoms with E-state index in [1.807, 2.05) is 42.5 Å². The number of pyridine rings is 1. The third kappa shape index (κ3) is 8.39. The minimum absolute atomic E-state index is 0.0340. The fourth-order valence-corrected chi connectivity index (χ4v) is 10.2. The number of β-amino-alcohol motifs (C(OH)–C–C–N with tert-alkyl or cyclic N) is 1. The normalized spacial score (nSPS) is 20.5. The Balaban J connectivity index is 0.795. The first-order valence-electron chi connectivity index (χ1n) is 20.7. The molecule has 0 saturated carbocycles. The van der Waals surface area contributed by atoms with E-state index < -0.39 is 51.8 Å². The average Bonchev–Trinajstić information content (AvgIpc) is 3.97. The number of imide groups is 1. The van der Waals surface area contributed by atoms with Crippen LogP contribution < -0.4 is 14.9 Å². The van der Waals surface area contributed by atoms with Crippen molar-refractivity contribution in [1.82, 2.24) is 29.4 Å². The van der Waals surface area contributed by atoms with Crippen molar-refractivity contribution < 1.29 is 41.1 Å². The molecule has 6 heterocycles. The van der Waals surface area contributed by atoms with Gasteiger partial charge in [-0.1, -0.05) is 24.3 Å². The molecule has 3 saturated heterocycles. The summed E-state index contributed by atoms with van der Waals surface area (Å²) >= 11 is 0. The van der Waals surface area contributed by atoms with Gasteiger partial charge in [0.1, 0.15) is 23.7 Å². The van der Waals surface area contributed by atoms with Gasteiger partial charge in [-0.05, 0) is 77.9 Å². The Morgan fingerprint density at radius 1 is 0.935 bits per heavy atom. The molecule has 5 aromatic rings. The highest BCUT2D eigenvalue weighted by atomic mass is 32.2. The van der Waals surface area contributed by atoms with Gasteiger partial charge in [0.25, 0.3) is 5.91 Å². The van der Waals surface area contributed by atoms with Crippen LogP contribution in [0.5, 0.6) is 0 Å². The molecule has 0 bridgehead atoms. The molecule has 9 rings (SSSR count). The van der Waals surface area contributed by atoms with Gasteiger partial charge in [0.05, 0.1) is 11.8 Å². The first-order valence-corrected chi connectivity index (χ1v) is 22.1. The predicted octanol–water partition coefficient (Wildman–Crippen LogP) is 4.29. The molecule has 0 aliphatic carbocycles. The van der Waals surface area contributed by atoms with E-state index in [-0.39, 0.29) is 56.3 Å². The molecular formula is C44H45F3N8O6S. The van der Waals surface area contributed by atoms with Crippen LogP contribution in [-0.2, 0) is 39.2 Å². The third-order valence-electron chi connectivity index (χ3n) is 12.3. The summed E-state index contributed by atoms with van der Waals surface area (Å²) in [6.45, 7) is 3.44. The van der Waals surface area contributed by atoms with Crippen LogP contribution in [-0.4, -0.2) is 119 Å². The molecule has 3 atom stereocenters. The van der Waals surface area contributed by atoms with Crippen LogP contribution in [0.3, 0.4) is 0 Å². The number of aliphatic hydroxyl groups excluding tert-OH is 1. The van der Waals surface area contributed by atoms with E-state index in [9.17, 15) is 32.3 Å². The number of carbonyl (C=O) groups excluding carboxylic acids is 3. The number of hydrogen-bond donors (Lipinski definition) is 4. The standard InChI is InChI=1S/C44H45F3N8O6S/c45-31-11-12-54(24-31)62(60,61)51-38-8-7-37(46)36(41(38)47)20-29-22-49-42-35(29)19-28(21-48-42)27-2-4-32(5-3-27)53-15-13-52(14-16-53)25-33(56)18-26-1-6-34-30(17-26)23-55(44(34)59)39-9-10-40(57)50-43(39)58/h1-8,17,19,21-22,31,33,39,51,56H,9-16,18,20,23-25H2,(H,48,49)(H,50,57,58)/t31-,33+,39+/m1/s1. The van der Waals surface area contributed by atoms with Crippen molar-refractivity contribution in [3.05, 3.63) is 113 Å². The number of aromatic amines is 1. The molecule has 4 N–H and O–H groups in total. The number of halogens is 3. The number of aromatic nitrogens is 2. The number of amides is 3. The molecule has 4 aliphatic heterocycles. The molecule has 4 aliphatic rings. The number of anilines is 2. The summed E-state index contributed by atoms with van der Waals surface area (Å²) in [4.78, 5) is 50.7. The summed E-state index contributed by atoms with van der Waals surface area (Å²) in [6, 6.07) is 16.8. The zero-order valence-corrected chi connectivity index (χ0v) is 34.4. The van der Waals surface area contributed by atoms with Crippen LogP contribution >= 0.6 is 0 Å². The smallest absolute Gasteiger partial charge is 0.301 e. The van der Waals surface area contributed by atoms with Crippen molar-refractivity contribution in [3.63, 3.8) is 0 Å². The number of piperidine rings is 1. The van der Waals surface area contributed by atoms with E-state index in [4.69, 9.17) is 0 Å². The fourth-order valence-electron chi connectivity index (χ4n) is 8.94. The SMILES string of the molecule is O=C1CC[C@H](N2Cc3cc(C[C@H](O)CN4CCN(c5ccc(-c6cnc7[nH]cc(Cc8c(F)ccc(NS(=O)(=O)N9CC[C@@H](F)C9)c8F)c7c6)cc5)CC4)ccc3C2=O)C(=O)N1. The number of fused-ring (bicyclic) bond motifs is 2. The quantitative estimate of drug-likeness (QED) is 0.134. The lowest BCUT2D eigenvalue weighted by molar-refractivity contribution is -0.136. The Bertz CT molecular complexity index is 2670. The number of nitrogens with zero attached hydrogens (tertiary/aromatic N) is 5. The maximum absolute atomic E-state index is 15.7. The molecule has 3 aromatic carbocycles. The first-order chi connectivity index (χ1) is 29.8. The molecule has 3 amide bonds. The summed E-state index contributed by atoms with van der Waals surface area (Å²) < 4.78 is 73.1. The van der Waals surface area contributed by atoms with Crippen LogP contribution in [0.25, 0.3) is 22.2 Å². The van der Waals surface area contributed by atoms with Crippen molar-refractivity contribution in [1.29, 1.82) is 0 Å². The number of carbonyl (C=O) groups is 3. The van der Waals surface area contributed by atoms with Gasteiger partial charge in [0, 0.05) is 105 Å². The fraction of sp³-hybridized carbons (Fsp3) is 0.364. The minimum Gasteiger partial charge on any atom is -0.391 e. The van der Waals surface area contributed by atoms with E-state index in [0.717, 1.165) is 70.6 Å². The average molecular weight is 871 g/mol. The van der Waals surface area contributed by atoms with Crippen LogP contribution in [0.4, 0.5) is 24.5 Å². The number of aliphatic hydroxyl groups is 1. The van der Waals surface area contributed by atoms with E-state index in [1.54, 1.807) is 18.5 Å². The molecule has 0 unspecified atom stereocenters. The highest BCUT2D eigenvalue weighted by molar-refractivity contribution is 7.90. The molecule has 0 radical (unpaired) electrons. The lowest BCUT2D eigenvalue weighted by Gasteiger charge is -2.37. The number of piperazine rings is 1. The number of rotatable bonds is 12. The number of alkyl halides is 1. The topological polar surface area (TPSA) is 171 Å². The summed E-state index contributed by atoms with van der Waals surface area (Å²) in [5.74, 6) is -2.88. The van der Waals surface area contributed by atoms with Crippen LogP contribution in [0.15, 0.2) is 73.1 Å². The molecular weight excluding hydrogens is 826 g/mol. The van der Waals surface area contributed by atoms with Gasteiger partial charge in [-0.15, -0.1) is 0 Å². The second-order valence-corrected chi connectivity index (χ2v) is 18.1. The van der Waals surface area contributed by atoms with E-state index in [1.165, 1.54) is 4.90 Å². The van der Waals surface area contributed by atoms with Gasteiger partial charge in [-0.25, -0.2) is 18.2 Å². The molecule has 324 valence electrons. The first kappa shape index (κ1) is 41.5. The number of hydrogen-bond acceptors (Lipinski definition) is 9. The van der Waals surface area contributed by atoms with E-state index >= 15 is 8.78 Å². The summed E-state index contributed by atoms with van der Waals surface area (Å²) in [5.41, 5.74) is 5.34. The summed E-state index contributed by atoms with van der Waals surface area (Å²) in [7, 11) is -4.24. The number of benzene rings is 3. The van der Waals surface area contributed by atoms with Crippen molar-refractivity contribution in [2.75, 3.05) is 55.4 Å². The monoisotopic (exact) mass is 870 g/mol. The second-order valence-electron chi connectivity index (χ2n) is 16.4. The van der Waals surface area contributed by atoms with Crippen molar-refractivity contribution >= 4 is 50.3 Å². The van der Waals surface area contributed by atoms with Gasteiger partial charge in [0.15, 0.2) is 5.82 Å². The van der Waals surface area contributed by atoms with Gasteiger partial charge >= 0.3 is 10.2 Å². The minimum atomic E-state index is -4.24. The van der Waals surface area contributed by atoms with Crippen molar-refractivity contribution in [3.8, 4) is 11.1 Å². The lowest BCUT2D eigenvalue weighted by atomic mass is 10.0. The molecule has 18 heteroatoms. The molecule has 3 fully saturated rings. The predicted molar refractivity (Wildman–Crippen MR) is 225 cm³/mol. The molecule has 0 spiro atoms. The number of H-pyrrole nitrogens is 1. The lowest BCUT2D eigenvalue weighted by Crippen LogP contribution is -2.52. The van der Waals surface area contributed by atoms with Gasteiger partial charge in [0.2, 0.25) is 11.8 Å². The van der Waals surface area contributed by atoms with Crippen molar-refractivity contribution in [2.45, 2.75) is 57.0 Å². The van der Waals surface area contributed by atoms with E-state index in [0.29, 0.717) is 41.5 Å². The Hall–Kier alpha value is -5.82. The van der Waals surface area contributed by atoms with Crippen LogP contribution in [0.1, 0.15) is 51.9 Å². The Kier molecular flexibility index (Phi) is 11.3. The van der Waals surface area contributed by atoms with Gasteiger partial charge in [-0.2, -0.15) is 12.7 Å². The Morgan fingerprint density at radius 3 is 2.47 bits per heavy atom. The van der Waals surface area contributed by atoms with Crippen LogP contribution in [0.2, 0.25) is 0 Å². The molecule has 14 nitrogen and oxygen atoms in total. The van der Waals surface area contributed by atoms with Crippen LogP contribution in [0, 0.1) is 11.6 Å². The second kappa shape index (κ2) is 16.8. The zero-order chi connectivity index (χ0) is 43.3. The van der Waals surface area contributed by atoms with Crippen molar-refractivity contribution in [2.24, 2.45) is 0 Å². The van der Waals surface area contributed by atoms with E-state index in [2.05, 4.69) is 29.8 Å². The van der Waals surface area contributed by atoms with Gasteiger partial charge in [-0.3, -0.25) is 29.3 Å². The highest BCUT2D eigenvalue weighted by Crippen LogP contribution is 2.32. The third-order valence-corrected chi connectivity index (χ3v) is 13.8. The largest absolute Gasteiger partial charge is 0.391 e. The Labute approximate surface area is 355 Å². The molecule has 2 aromatic heterocycles. The number of nitrogens with one attached hydrogen (secondary N) is 3. The summed E-state index contributed by atoms with van der Waals surface area (Å²) in [5, 5.41) is 14.0. The highest BCUT2D eigenvalue weighted by Gasteiger charge is 2.39. The zero-order valence-electron chi connectivity index (χ0n) is 33.6. The Morgan fingerprint density at radius 2 is 1.73 bits per heavy atom. The summed E-state index contributed by atoms with van der Waals surface area (Å²) in [6.07, 6.45) is 2.21. The maximum Gasteiger partial charge on any atom is 0.301 e.